The van der Waals surface area contributed by atoms with E-state index in [1.807, 2.05) is 25.3 Å². The molecule has 8 heteroatoms. The number of benzene rings is 1. The van der Waals surface area contributed by atoms with E-state index >= 15 is 0 Å². The smallest absolute Gasteiger partial charge is 0.390 e. The Bertz CT molecular complexity index is 1080. The molecular weight excluding hydrogens is 383 g/mol. The summed E-state index contributed by atoms with van der Waals surface area (Å²) in [7, 11) is 0. The summed E-state index contributed by atoms with van der Waals surface area (Å²) >= 11 is 0. The third-order valence-corrected chi connectivity index (χ3v) is 4.46. The molecule has 2 aromatic heterocycles. The quantitative estimate of drug-likeness (QED) is 0.578. The zero-order valence-electron chi connectivity index (χ0n) is 15.9. The van der Waals surface area contributed by atoms with E-state index in [0.717, 1.165) is 11.1 Å². The predicted octanol–water partition coefficient (Wildman–Crippen LogP) is 5.41. The number of fused-ring (bicyclic) bond motifs is 1. The van der Waals surface area contributed by atoms with Crippen LogP contribution < -0.4 is 5.32 Å². The van der Waals surface area contributed by atoms with Gasteiger partial charge in [0.15, 0.2) is 5.65 Å². The number of carbonyl (C=O) groups is 1. The van der Waals surface area contributed by atoms with Crippen molar-refractivity contribution in [1.29, 1.82) is 0 Å². The number of carboxylic acid groups (broad SMARTS) is 1. The predicted molar refractivity (Wildman–Crippen MR) is 106 cm³/mol. The molecule has 0 aliphatic heterocycles. The zero-order valence-corrected chi connectivity index (χ0v) is 15.9. The number of aromatic carboxylic acids is 1. The fraction of sp³-hybridized carbons (Fsp3) is 0.238. The first kappa shape index (κ1) is 20.4. The number of allylic oxidation sites excluding steroid dienone is 1. The van der Waals surface area contributed by atoms with Gasteiger partial charge in [-0.05, 0) is 43.2 Å². The zero-order chi connectivity index (χ0) is 21.2. The topological polar surface area (TPSA) is 66.6 Å². The van der Waals surface area contributed by atoms with Gasteiger partial charge in [-0.2, -0.15) is 13.2 Å². The number of aromatic nitrogens is 2. The SMILES string of the molecule is CC=Cc1cc(NCCC(F)(F)F)c2ncc(-c3ccc(C(=O)O)c(C)c3)n2c1. The van der Waals surface area contributed by atoms with Crippen molar-refractivity contribution in [2.45, 2.75) is 26.4 Å². The fourth-order valence-corrected chi connectivity index (χ4v) is 3.14. The Kier molecular flexibility index (Phi) is 5.63. The summed E-state index contributed by atoms with van der Waals surface area (Å²) in [6, 6.07) is 6.73. The van der Waals surface area contributed by atoms with Crippen LogP contribution in [0.5, 0.6) is 0 Å². The summed E-state index contributed by atoms with van der Waals surface area (Å²) in [5.74, 6) is -1.00. The van der Waals surface area contributed by atoms with Gasteiger partial charge >= 0.3 is 12.1 Å². The molecule has 0 unspecified atom stereocenters. The maximum Gasteiger partial charge on any atom is 0.390 e. The van der Waals surface area contributed by atoms with Crippen LogP contribution in [0.1, 0.15) is 34.8 Å². The van der Waals surface area contributed by atoms with Crippen LogP contribution in [0.25, 0.3) is 23.0 Å². The molecule has 0 fully saturated rings. The van der Waals surface area contributed by atoms with Crippen LogP contribution in [-0.2, 0) is 0 Å². The molecule has 2 heterocycles. The third-order valence-electron chi connectivity index (χ3n) is 4.46. The highest BCUT2D eigenvalue weighted by Gasteiger charge is 2.26. The molecule has 1 aromatic carbocycles. The lowest BCUT2D eigenvalue weighted by Gasteiger charge is -2.12. The van der Waals surface area contributed by atoms with E-state index in [1.165, 1.54) is 6.07 Å². The average Bonchev–Trinajstić information content (AvgIpc) is 3.04. The summed E-state index contributed by atoms with van der Waals surface area (Å²) in [5, 5.41) is 12.0. The molecule has 0 atom stereocenters. The van der Waals surface area contributed by atoms with Crippen LogP contribution >= 0.6 is 0 Å². The minimum Gasteiger partial charge on any atom is -0.478 e. The highest BCUT2D eigenvalue weighted by atomic mass is 19.4. The van der Waals surface area contributed by atoms with Gasteiger partial charge in [-0.15, -0.1) is 0 Å². The summed E-state index contributed by atoms with van der Waals surface area (Å²) < 4.78 is 39.3. The number of imidazole rings is 1. The number of rotatable bonds is 6. The first-order valence-electron chi connectivity index (χ1n) is 8.98. The van der Waals surface area contributed by atoms with Gasteiger partial charge in [0.25, 0.3) is 0 Å². The minimum atomic E-state index is -4.24. The Morgan fingerprint density at radius 1 is 1.31 bits per heavy atom. The van der Waals surface area contributed by atoms with E-state index in [4.69, 9.17) is 0 Å². The number of anilines is 1. The lowest BCUT2D eigenvalue weighted by atomic mass is 10.0. The van der Waals surface area contributed by atoms with Gasteiger partial charge in [0, 0.05) is 18.3 Å². The molecule has 3 aromatic rings. The third kappa shape index (κ3) is 4.59. The number of pyridine rings is 1. The van der Waals surface area contributed by atoms with Crippen molar-refractivity contribution in [3.05, 3.63) is 59.4 Å². The molecule has 0 bridgehead atoms. The van der Waals surface area contributed by atoms with E-state index < -0.39 is 18.6 Å². The van der Waals surface area contributed by atoms with E-state index in [2.05, 4.69) is 10.3 Å². The Labute approximate surface area is 165 Å². The molecule has 0 amide bonds. The Hall–Kier alpha value is -3.29. The molecular formula is C21H20F3N3O2. The number of nitrogens with zero attached hydrogens (tertiary/aromatic N) is 2. The van der Waals surface area contributed by atoms with Crippen LogP contribution in [0.4, 0.5) is 18.9 Å². The van der Waals surface area contributed by atoms with E-state index in [0.29, 0.717) is 22.6 Å². The standard InChI is InChI=1S/C21H20F3N3O2/c1-3-4-14-10-17(25-8-7-21(22,23)24)19-26-11-18(27(19)12-14)15-5-6-16(20(28)29)13(2)9-15/h3-6,9-12,25H,7-8H2,1-2H3,(H,28,29). The monoisotopic (exact) mass is 403 g/mol. The summed E-state index contributed by atoms with van der Waals surface area (Å²) in [5.41, 5.74) is 4.09. The molecule has 0 aliphatic carbocycles. The highest BCUT2D eigenvalue weighted by molar-refractivity contribution is 5.90. The van der Waals surface area contributed by atoms with Gasteiger partial charge in [0.1, 0.15) is 0 Å². The minimum absolute atomic E-state index is 0.215. The highest BCUT2D eigenvalue weighted by Crippen LogP contribution is 2.28. The van der Waals surface area contributed by atoms with Crippen molar-refractivity contribution < 1.29 is 23.1 Å². The molecule has 5 nitrogen and oxygen atoms in total. The first-order chi connectivity index (χ1) is 13.7. The maximum absolute atomic E-state index is 12.5. The molecule has 0 radical (unpaired) electrons. The number of hydrogen-bond acceptors (Lipinski definition) is 3. The molecule has 0 spiro atoms. The van der Waals surface area contributed by atoms with Crippen LogP contribution in [0, 0.1) is 6.92 Å². The first-order valence-corrected chi connectivity index (χ1v) is 8.98. The van der Waals surface area contributed by atoms with Crippen LogP contribution in [0.15, 0.2) is 42.7 Å². The van der Waals surface area contributed by atoms with Crippen LogP contribution in [0.3, 0.4) is 0 Å². The molecule has 2 N–H and O–H groups in total. The number of nitrogens with one attached hydrogen (secondary N) is 1. The van der Waals surface area contributed by atoms with Gasteiger partial charge in [-0.3, -0.25) is 4.40 Å². The van der Waals surface area contributed by atoms with E-state index in [-0.39, 0.29) is 12.1 Å². The number of carboxylic acids is 1. The van der Waals surface area contributed by atoms with Gasteiger partial charge in [-0.25, -0.2) is 9.78 Å². The van der Waals surface area contributed by atoms with Crippen molar-refractivity contribution in [1.82, 2.24) is 9.38 Å². The number of aryl methyl sites for hydroxylation is 1. The van der Waals surface area contributed by atoms with Crippen molar-refractivity contribution >= 4 is 23.4 Å². The lowest BCUT2D eigenvalue weighted by molar-refractivity contribution is -0.131. The second-order valence-electron chi connectivity index (χ2n) is 6.65. The summed E-state index contributed by atoms with van der Waals surface area (Å²) in [6.07, 6.45) is 1.95. The largest absolute Gasteiger partial charge is 0.478 e. The van der Waals surface area contributed by atoms with Gasteiger partial charge < -0.3 is 10.4 Å². The number of hydrogen-bond donors (Lipinski definition) is 2. The molecule has 3 rings (SSSR count). The van der Waals surface area contributed by atoms with Crippen molar-refractivity contribution in [3.63, 3.8) is 0 Å². The van der Waals surface area contributed by atoms with Crippen molar-refractivity contribution in [3.8, 4) is 11.3 Å². The molecule has 0 saturated carbocycles. The summed E-state index contributed by atoms with van der Waals surface area (Å²) in [6.45, 7) is 3.31. The average molecular weight is 403 g/mol. The van der Waals surface area contributed by atoms with Gasteiger partial charge in [0.2, 0.25) is 0 Å². The Morgan fingerprint density at radius 3 is 2.69 bits per heavy atom. The van der Waals surface area contributed by atoms with E-state index in [1.54, 1.807) is 35.7 Å². The van der Waals surface area contributed by atoms with Gasteiger partial charge in [0.05, 0.1) is 29.6 Å². The number of alkyl halides is 3. The Balaban J connectivity index is 2.06. The summed E-state index contributed by atoms with van der Waals surface area (Å²) in [4.78, 5) is 15.6. The fourth-order valence-electron chi connectivity index (χ4n) is 3.14. The van der Waals surface area contributed by atoms with Crippen LogP contribution in [0.2, 0.25) is 0 Å². The molecule has 152 valence electrons. The van der Waals surface area contributed by atoms with Crippen molar-refractivity contribution in [2.75, 3.05) is 11.9 Å². The second kappa shape index (κ2) is 7.98. The molecule has 0 saturated heterocycles. The molecule has 0 aliphatic rings. The van der Waals surface area contributed by atoms with Gasteiger partial charge in [-0.1, -0.05) is 18.2 Å². The second-order valence-corrected chi connectivity index (χ2v) is 6.65. The number of halogens is 3. The van der Waals surface area contributed by atoms with Crippen molar-refractivity contribution in [2.24, 2.45) is 0 Å². The lowest BCUT2D eigenvalue weighted by Crippen LogP contribution is -2.15. The van der Waals surface area contributed by atoms with E-state index in [9.17, 15) is 23.1 Å². The maximum atomic E-state index is 12.5. The normalized spacial score (nSPS) is 12.0. The Morgan fingerprint density at radius 2 is 2.07 bits per heavy atom. The van der Waals surface area contributed by atoms with Crippen LogP contribution in [-0.4, -0.2) is 33.2 Å². The molecule has 29 heavy (non-hydrogen) atoms.